The Bertz CT molecular complexity index is 641. The summed E-state index contributed by atoms with van der Waals surface area (Å²) in [5, 5.41) is 11.5. The molecule has 0 radical (unpaired) electrons. The van der Waals surface area contributed by atoms with E-state index in [9.17, 15) is 10.1 Å². The molecule has 2 aromatic rings. The highest BCUT2D eigenvalue weighted by atomic mass is 35.5. The second-order valence-electron chi connectivity index (χ2n) is 5.18. The van der Waals surface area contributed by atoms with Crippen LogP contribution in [0.2, 0.25) is 5.02 Å². The van der Waals surface area contributed by atoms with Gasteiger partial charge in [-0.05, 0) is 37.5 Å². The van der Waals surface area contributed by atoms with Crippen LogP contribution in [0, 0.1) is 17.0 Å². The molecule has 21 heavy (non-hydrogen) atoms. The van der Waals surface area contributed by atoms with Gasteiger partial charge in [0, 0.05) is 22.7 Å². The van der Waals surface area contributed by atoms with Crippen molar-refractivity contribution >= 4 is 17.3 Å². The van der Waals surface area contributed by atoms with Crippen molar-refractivity contribution in [2.75, 3.05) is 0 Å². The molecule has 1 atom stereocenters. The van der Waals surface area contributed by atoms with Gasteiger partial charge in [-0.3, -0.25) is 10.1 Å². The Hall–Kier alpha value is -1.91. The third-order valence-electron chi connectivity index (χ3n) is 3.34. The summed E-state index contributed by atoms with van der Waals surface area (Å²) in [6, 6.07) is 12.5. The van der Waals surface area contributed by atoms with E-state index in [0.29, 0.717) is 23.4 Å². The molecule has 0 amide bonds. The zero-order valence-corrected chi connectivity index (χ0v) is 12.5. The Morgan fingerprint density at radius 1 is 1.19 bits per heavy atom. The molecule has 0 aliphatic carbocycles. The van der Waals surface area contributed by atoms with E-state index in [1.165, 1.54) is 17.7 Å². The van der Waals surface area contributed by atoms with Gasteiger partial charge in [0.25, 0.3) is 5.69 Å². The van der Waals surface area contributed by atoms with E-state index in [-0.39, 0.29) is 11.7 Å². The maximum Gasteiger partial charge on any atom is 0.272 e. The predicted molar refractivity (Wildman–Crippen MR) is 84.7 cm³/mol. The highest BCUT2D eigenvalue weighted by Crippen LogP contribution is 2.24. The molecule has 2 aromatic carbocycles. The van der Waals surface area contributed by atoms with Crippen molar-refractivity contribution in [1.82, 2.24) is 0 Å². The van der Waals surface area contributed by atoms with Crippen LogP contribution in [0.1, 0.15) is 16.7 Å². The maximum absolute atomic E-state index is 11.0. The summed E-state index contributed by atoms with van der Waals surface area (Å²) >= 11 is 5.92. The number of halogens is 1. The fourth-order valence-corrected chi connectivity index (χ4v) is 2.47. The van der Waals surface area contributed by atoms with E-state index < -0.39 is 4.92 Å². The van der Waals surface area contributed by atoms with Crippen LogP contribution in [0.25, 0.3) is 0 Å². The SMILES string of the molecule is Cc1ccc(CC(N)Cc2cc(Cl)ccc2[N+](=O)[O-])cc1. The van der Waals surface area contributed by atoms with Gasteiger partial charge in [0.2, 0.25) is 0 Å². The van der Waals surface area contributed by atoms with E-state index in [0.717, 1.165) is 5.56 Å². The Morgan fingerprint density at radius 3 is 2.48 bits per heavy atom. The fourth-order valence-electron chi connectivity index (χ4n) is 2.28. The van der Waals surface area contributed by atoms with Crippen LogP contribution in [-0.2, 0) is 12.8 Å². The lowest BCUT2D eigenvalue weighted by atomic mass is 9.98. The summed E-state index contributed by atoms with van der Waals surface area (Å²) in [6.07, 6.45) is 1.09. The first-order valence-electron chi connectivity index (χ1n) is 6.69. The van der Waals surface area contributed by atoms with Crippen molar-refractivity contribution in [2.45, 2.75) is 25.8 Å². The Kier molecular flexibility index (Phi) is 4.94. The number of nitrogens with two attached hydrogens (primary N) is 1. The average Bonchev–Trinajstić information content (AvgIpc) is 2.41. The van der Waals surface area contributed by atoms with Crippen molar-refractivity contribution in [3.63, 3.8) is 0 Å². The summed E-state index contributed by atoms with van der Waals surface area (Å²) in [7, 11) is 0. The first kappa shape index (κ1) is 15.5. The van der Waals surface area contributed by atoms with Gasteiger partial charge >= 0.3 is 0 Å². The molecule has 4 nitrogen and oxygen atoms in total. The number of hydrogen-bond acceptors (Lipinski definition) is 3. The predicted octanol–water partition coefficient (Wildman–Crippen LogP) is 3.67. The third-order valence-corrected chi connectivity index (χ3v) is 3.57. The summed E-state index contributed by atoms with van der Waals surface area (Å²) in [5.74, 6) is 0. The monoisotopic (exact) mass is 304 g/mol. The van der Waals surface area contributed by atoms with Crippen molar-refractivity contribution in [1.29, 1.82) is 0 Å². The maximum atomic E-state index is 11.0. The number of aryl methyl sites for hydroxylation is 1. The van der Waals surface area contributed by atoms with Crippen LogP contribution in [-0.4, -0.2) is 11.0 Å². The standard InChI is InChI=1S/C16H17ClN2O2/c1-11-2-4-12(5-3-11)8-15(18)10-13-9-14(17)6-7-16(13)19(20)21/h2-7,9,15H,8,10,18H2,1H3. The van der Waals surface area contributed by atoms with Crippen molar-refractivity contribution < 1.29 is 4.92 Å². The van der Waals surface area contributed by atoms with Gasteiger partial charge in [-0.1, -0.05) is 41.4 Å². The van der Waals surface area contributed by atoms with Gasteiger partial charge in [-0.2, -0.15) is 0 Å². The Morgan fingerprint density at radius 2 is 1.86 bits per heavy atom. The van der Waals surface area contributed by atoms with Gasteiger partial charge in [0.05, 0.1) is 4.92 Å². The van der Waals surface area contributed by atoms with E-state index in [1.54, 1.807) is 6.07 Å². The minimum atomic E-state index is -0.399. The average molecular weight is 305 g/mol. The number of hydrogen-bond donors (Lipinski definition) is 1. The highest BCUT2D eigenvalue weighted by molar-refractivity contribution is 6.30. The van der Waals surface area contributed by atoms with Gasteiger partial charge in [0.15, 0.2) is 0 Å². The zero-order chi connectivity index (χ0) is 15.4. The summed E-state index contributed by atoms with van der Waals surface area (Å²) in [4.78, 5) is 10.6. The molecule has 2 N–H and O–H groups in total. The number of rotatable bonds is 5. The molecule has 0 aliphatic rings. The lowest BCUT2D eigenvalue weighted by Crippen LogP contribution is -2.25. The van der Waals surface area contributed by atoms with E-state index in [2.05, 4.69) is 0 Å². The van der Waals surface area contributed by atoms with Gasteiger partial charge in [-0.25, -0.2) is 0 Å². The number of nitro groups is 1. The number of nitrogens with zero attached hydrogens (tertiary/aromatic N) is 1. The largest absolute Gasteiger partial charge is 0.327 e. The smallest absolute Gasteiger partial charge is 0.272 e. The third kappa shape index (κ3) is 4.28. The topological polar surface area (TPSA) is 69.2 Å². The van der Waals surface area contributed by atoms with Crippen LogP contribution >= 0.6 is 11.6 Å². The molecule has 0 heterocycles. The first-order valence-corrected chi connectivity index (χ1v) is 7.07. The lowest BCUT2D eigenvalue weighted by Gasteiger charge is -2.12. The summed E-state index contributed by atoms with van der Waals surface area (Å²) in [6.45, 7) is 2.03. The first-order chi connectivity index (χ1) is 9.95. The van der Waals surface area contributed by atoms with Crippen molar-refractivity contribution in [2.24, 2.45) is 5.73 Å². The second-order valence-corrected chi connectivity index (χ2v) is 5.62. The molecule has 0 spiro atoms. The Labute approximate surface area is 128 Å². The minimum absolute atomic E-state index is 0.0683. The molecule has 0 bridgehead atoms. The van der Waals surface area contributed by atoms with E-state index in [1.807, 2.05) is 31.2 Å². The van der Waals surface area contributed by atoms with Crippen LogP contribution in [0.4, 0.5) is 5.69 Å². The molecule has 5 heteroatoms. The second kappa shape index (κ2) is 6.70. The van der Waals surface area contributed by atoms with Crippen LogP contribution in [0.15, 0.2) is 42.5 Å². The van der Waals surface area contributed by atoms with Gasteiger partial charge < -0.3 is 5.73 Å². The van der Waals surface area contributed by atoms with Crippen LogP contribution in [0.5, 0.6) is 0 Å². The van der Waals surface area contributed by atoms with E-state index in [4.69, 9.17) is 17.3 Å². The quantitative estimate of drug-likeness (QED) is 0.677. The number of nitro benzene ring substituents is 1. The molecule has 0 aliphatic heterocycles. The van der Waals surface area contributed by atoms with Crippen molar-refractivity contribution in [3.05, 3.63) is 74.3 Å². The van der Waals surface area contributed by atoms with Crippen LogP contribution < -0.4 is 5.73 Å². The Balaban J connectivity index is 2.12. The fraction of sp³-hybridized carbons (Fsp3) is 0.250. The molecular formula is C16H17ClN2O2. The minimum Gasteiger partial charge on any atom is -0.327 e. The molecule has 110 valence electrons. The summed E-state index contributed by atoms with van der Waals surface area (Å²) < 4.78 is 0. The van der Waals surface area contributed by atoms with Gasteiger partial charge in [-0.15, -0.1) is 0 Å². The van der Waals surface area contributed by atoms with Crippen LogP contribution in [0.3, 0.4) is 0 Å². The lowest BCUT2D eigenvalue weighted by molar-refractivity contribution is -0.385. The van der Waals surface area contributed by atoms with E-state index >= 15 is 0 Å². The molecule has 0 fully saturated rings. The zero-order valence-electron chi connectivity index (χ0n) is 11.8. The summed E-state index contributed by atoms with van der Waals surface area (Å²) in [5.41, 5.74) is 9.09. The molecular weight excluding hydrogens is 288 g/mol. The normalized spacial score (nSPS) is 12.1. The molecule has 1 unspecified atom stereocenters. The molecule has 0 saturated heterocycles. The highest BCUT2D eigenvalue weighted by Gasteiger charge is 2.16. The van der Waals surface area contributed by atoms with Gasteiger partial charge in [0.1, 0.15) is 0 Å². The molecule has 2 rings (SSSR count). The van der Waals surface area contributed by atoms with Crippen molar-refractivity contribution in [3.8, 4) is 0 Å². The molecule has 0 aromatic heterocycles. The number of benzene rings is 2. The molecule has 0 saturated carbocycles.